The number of benzene rings is 1. The molecule has 16 heavy (non-hydrogen) atoms. The van der Waals surface area contributed by atoms with Gasteiger partial charge in [0.25, 0.3) is 0 Å². The number of ether oxygens (including phenoxy) is 2. The molecule has 1 aromatic rings. The molecule has 1 aliphatic heterocycles. The molecule has 0 N–H and O–H groups in total. The normalized spacial score (nSPS) is 18.2. The average molecular weight is 229 g/mol. The van der Waals surface area contributed by atoms with E-state index in [-0.39, 0.29) is 24.3 Å². The fourth-order valence-corrected chi connectivity index (χ4v) is 1.71. The van der Waals surface area contributed by atoms with Crippen molar-refractivity contribution in [3.63, 3.8) is 0 Å². The number of halogens is 2. The van der Waals surface area contributed by atoms with E-state index in [2.05, 4.69) is 0 Å². The second-order valence-electron chi connectivity index (χ2n) is 3.81. The molecule has 0 saturated carbocycles. The van der Waals surface area contributed by atoms with Crippen LogP contribution >= 0.6 is 0 Å². The zero-order valence-electron chi connectivity index (χ0n) is 9.84. The first-order valence-electron chi connectivity index (χ1n) is 5.93. The Balaban J connectivity index is 2.18. The summed E-state index contributed by atoms with van der Waals surface area (Å²) in [7, 11) is 0. The van der Waals surface area contributed by atoms with Crippen LogP contribution in [-0.2, 0) is 4.74 Å². The smallest absolute Gasteiger partial charge is 0.168 e. The Bertz CT molecular complexity index is 392. The highest BCUT2D eigenvalue weighted by Crippen LogP contribution is 2.26. The van der Waals surface area contributed by atoms with Crippen LogP contribution in [0.5, 0.6) is 5.75 Å². The maximum Gasteiger partial charge on any atom is 0.168 e. The molecule has 1 aromatic carbocycles. The molecule has 0 atom stereocenters. The van der Waals surface area contributed by atoms with E-state index in [0.717, 1.165) is 12.1 Å². The summed E-state index contributed by atoms with van der Waals surface area (Å²) in [6, 6.07) is 1.93. The molecule has 1 aliphatic rings. The van der Waals surface area contributed by atoms with Crippen LogP contribution < -0.4 is 4.74 Å². The van der Waals surface area contributed by atoms with Gasteiger partial charge >= 0.3 is 0 Å². The molecule has 0 amide bonds. The summed E-state index contributed by atoms with van der Waals surface area (Å²) in [6.07, 6.45) is 1.26. The third-order valence-electron chi connectivity index (χ3n) is 2.54. The van der Waals surface area contributed by atoms with Crippen molar-refractivity contribution in [3.05, 3.63) is 29.3 Å². The number of aryl methyl sites for hydroxylation is 1. The summed E-state index contributed by atoms with van der Waals surface area (Å²) >= 11 is 0. The molecule has 4 heteroatoms. The first-order chi connectivity index (χ1) is 8.20. The lowest BCUT2D eigenvalue weighted by Gasteiger charge is -2.24. The Morgan fingerprint density at radius 3 is 2.81 bits per heavy atom. The van der Waals surface area contributed by atoms with Crippen LogP contribution in [0, 0.1) is 18.5 Å². The molecular weight excluding hydrogens is 214 g/mol. The molecule has 0 aliphatic carbocycles. The monoisotopic (exact) mass is 229 g/mol. The van der Waals surface area contributed by atoms with Crippen LogP contribution in [0.2, 0.25) is 0 Å². The van der Waals surface area contributed by atoms with E-state index in [1.54, 1.807) is 0 Å². The number of hydrogen-bond donors (Lipinski definition) is 0. The summed E-state index contributed by atoms with van der Waals surface area (Å²) in [5.41, 5.74) is 0.244. The molecule has 88 valence electrons. The van der Waals surface area contributed by atoms with Gasteiger partial charge in [-0.25, -0.2) is 8.78 Å². The maximum absolute atomic E-state index is 13.6. The SMILES string of the molecule is [2H]Cc1cc(F)cc(F)c1OC1CCOCC1. The molecule has 2 nitrogen and oxygen atoms in total. The van der Waals surface area contributed by atoms with Gasteiger partial charge in [0, 0.05) is 20.3 Å². The Kier molecular flexibility index (Phi) is 3.00. The highest BCUT2D eigenvalue weighted by atomic mass is 19.1. The van der Waals surface area contributed by atoms with Gasteiger partial charge in [0.15, 0.2) is 11.6 Å². The van der Waals surface area contributed by atoms with Gasteiger partial charge in [-0.2, -0.15) is 0 Å². The van der Waals surface area contributed by atoms with Crippen molar-refractivity contribution in [2.24, 2.45) is 0 Å². The molecule has 1 heterocycles. The van der Waals surface area contributed by atoms with Gasteiger partial charge in [-0.3, -0.25) is 0 Å². The molecular formula is C12H14F2O2. The van der Waals surface area contributed by atoms with Gasteiger partial charge in [0.2, 0.25) is 0 Å². The van der Waals surface area contributed by atoms with E-state index >= 15 is 0 Å². The maximum atomic E-state index is 13.6. The Morgan fingerprint density at radius 1 is 1.38 bits per heavy atom. The van der Waals surface area contributed by atoms with Crippen LogP contribution in [0.3, 0.4) is 0 Å². The van der Waals surface area contributed by atoms with Gasteiger partial charge in [0.05, 0.1) is 13.2 Å². The van der Waals surface area contributed by atoms with Crippen LogP contribution in [0.15, 0.2) is 12.1 Å². The minimum Gasteiger partial charge on any atom is -0.487 e. The first kappa shape index (κ1) is 10.0. The van der Waals surface area contributed by atoms with Crippen molar-refractivity contribution < 1.29 is 19.6 Å². The second-order valence-corrected chi connectivity index (χ2v) is 3.81. The first-order valence-corrected chi connectivity index (χ1v) is 5.22. The van der Waals surface area contributed by atoms with Crippen molar-refractivity contribution in [1.82, 2.24) is 0 Å². The number of rotatable bonds is 2. The fourth-order valence-electron chi connectivity index (χ4n) is 1.71. The predicted molar refractivity (Wildman–Crippen MR) is 55.6 cm³/mol. The standard InChI is InChI=1S/C12H14F2O2/c1-8-6-9(13)7-11(14)12(8)16-10-2-4-15-5-3-10/h6-7,10H,2-5H2,1H3/i1D. The fraction of sp³-hybridized carbons (Fsp3) is 0.500. The minimum absolute atomic E-state index is 0.00769. The van der Waals surface area contributed by atoms with E-state index < -0.39 is 11.6 Å². The van der Waals surface area contributed by atoms with E-state index in [0.29, 0.717) is 26.1 Å². The van der Waals surface area contributed by atoms with Crippen LogP contribution in [0.25, 0.3) is 0 Å². The Hall–Kier alpha value is -1.16. The third-order valence-corrected chi connectivity index (χ3v) is 2.54. The summed E-state index contributed by atoms with van der Waals surface area (Å²) in [5.74, 6) is -1.41. The van der Waals surface area contributed by atoms with E-state index in [1.807, 2.05) is 0 Å². The van der Waals surface area contributed by atoms with E-state index in [1.165, 1.54) is 0 Å². The van der Waals surface area contributed by atoms with Crippen molar-refractivity contribution in [2.75, 3.05) is 13.2 Å². The lowest BCUT2D eigenvalue weighted by atomic mass is 10.1. The highest BCUT2D eigenvalue weighted by Gasteiger charge is 2.18. The third kappa shape index (κ3) is 2.50. The van der Waals surface area contributed by atoms with E-state index in [9.17, 15) is 8.78 Å². The van der Waals surface area contributed by atoms with Crippen LogP contribution in [-0.4, -0.2) is 19.3 Å². The molecule has 0 bridgehead atoms. The van der Waals surface area contributed by atoms with Crippen LogP contribution in [0.1, 0.15) is 19.8 Å². The van der Waals surface area contributed by atoms with Crippen molar-refractivity contribution >= 4 is 0 Å². The van der Waals surface area contributed by atoms with Crippen LogP contribution in [0.4, 0.5) is 8.78 Å². The zero-order valence-corrected chi connectivity index (χ0v) is 8.84. The molecule has 1 fully saturated rings. The molecule has 0 aromatic heterocycles. The van der Waals surface area contributed by atoms with Gasteiger partial charge in [-0.1, -0.05) is 0 Å². The lowest BCUT2D eigenvalue weighted by molar-refractivity contribution is 0.0237. The summed E-state index contributed by atoms with van der Waals surface area (Å²) < 4.78 is 44.5. The molecule has 0 spiro atoms. The summed E-state index contributed by atoms with van der Waals surface area (Å²) in [5, 5.41) is 0. The highest BCUT2D eigenvalue weighted by molar-refractivity contribution is 5.34. The van der Waals surface area contributed by atoms with Crippen molar-refractivity contribution in [1.29, 1.82) is 0 Å². The molecule has 0 radical (unpaired) electrons. The zero-order chi connectivity index (χ0) is 12.3. The van der Waals surface area contributed by atoms with Gasteiger partial charge in [-0.05, 0) is 18.5 Å². The van der Waals surface area contributed by atoms with E-state index in [4.69, 9.17) is 10.8 Å². The molecule has 0 unspecified atom stereocenters. The Morgan fingerprint density at radius 2 is 2.12 bits per heavy atom. The quantitative estimate of drug-likeness (QED) is 0.776. The topological polar surface area (TPSA) is 18.5 Å². The minimum atomic E-state index is -0.737. The van der Waals surface area contributed by atoms with Crippen molar-refractivity contribution in [2.45, 2.75) is 25.8 Å². The van der Waals surface area contributed by atoms with Gasteiger partial charge in [0.1, 0.15) is 11.9 Å². The summed E-state index contributed by atoms with van der Waals surface area (Å²) in [6.45, 7) is 0.973. The number of hydrogen-bond acceptors (Lipinski definition) is 2. The average Bonchev–Trinajstić information content (AvgIpc) is 2.33. The summed E-state index contributed by atoms with van der Waals surface area (Å²) in [4.78, 5) is 0. The van der Waals surface area contributed by atoms with Crippen molar-refractivity contribution in [3.8, 4) is 5.75 Å². The molecule has 2 rings (SSSR count). The van der Waals surface area contributed by atoms with Gasteiger partial charge < -0.3 is 9.47 Å². The lowest BCUT2D eigenvalue weighted by Crippen LogP contribution is -2.26. The largest absolute Gasteiger partial charge is 0.487 e. The van der Waals surface area contributed by atoms with Gasteiger partial charge in [-0.15, -0.1) is 0 Å². The Labute approximate surface area is 94.6 Å². The predicted octanol–water partition coefficient (Wildman–Crippen LogP) is 2.83. The second kappa shape index (κ2) is 4.78. The molecule has 1 saturated heterocycles.